The largest absolute Gasteiger partial charge is 0.460 e. The third-order valence-corrected chi connectivity index (χ3v) is 2.63. The molecule has 0 aliphatic heterocycles. The van der Waals surface area contributed by atoms with Gasteiger partial charge in [0, 0.05) is 12.6 Å². The van der Waals surface area contributed by atoms with Gasteiger partial charge in [-0.1, -0.05) is 12.2 Å². The van der Waals surface area contributed by atoms with E-state index >= 15 is 0 Å². The van der Waals surface area contributed by atoms with Gasteiger partial charge in [0.15, 0.2) is 0 Å². The molecule has 1 rings (SSSR count). The lowest BCUT2D eigenvalue weighted by Gasteiger charge is -2.19. The van der Waals surface area contributed by atoms with Crippen LogP contribution in [0.1, 0.15) is 39.9 Å². The van der Waals surface area contributed by atoms with Crippen LogP contribution in [0.15, 0.2) is 16.9 Å². The van der Waals surface area contributed by atoms with Crippen LogP contribution in [0.2, 0.25) is 0 Å². The maximum Gasteiger partial charge on any atom is 0.306 e. The van der Waals surface area contributed by atoms with Crippen molar-refractivity contribution >= 4 is 18.2 Å². The predicted molar refractivity (Wildman–Crippen MR) is 86.2 cm³/mol. The summed E-state index contributed by atoms with van der Waals surface area (Å²) in [6.07, 6.45) is 6.96. The Morgan fingerprint density at radius 3 is 2.64 bits per heavy atom. The molecule has 0 amide bonds. The highest BCUT2D eigenvalue weighted by Crippen LogP contribution is 2.08. The number of aryl methyl sites for hydroxylation is 1. The number of hydrogen-bond donors (Lipinski definition) is 2. The molecule has 1 heterocycles. The Hall–Kier alpha value is -2.37. The molecule has 0 radical (unpaired) electrons. The molecule has 22 heavy (non-hydrogen) atoms. The number of aromatic nitrogens is 2. The molecule has 120 valence electrons. The average Bonchev–Trinajstić information content (AvgIpc) is 2.40. The molecular formula is C16H23N3O3. The second-order valence-electron chi connectivity index (χ2n) is 5.76. The van der Waals surface area contributed by atoms with E-state index in [4.69, 9.17) is 10.5 Å². The number of carbonyl (C=O) groups excluding carboxylic acids is 1. The number of carbonyl (C=O) groups is 1. The van der Waals surface area contributed by atoms with E-state index in [-0.39, 0.29) is 17.9 Å². The van der Waals surface area contributed by atoms with Gasteiger partial charge in [0.05, 0.1) is 17.0 Å². The van der Waals surface area contributed by atoms with Gasteiger partial charge in [-0.2, -0.15) is 0 Å². The van der Waals surface area contributed by atoms with Crippen LogP contribution < -0.4 is 21.9 Å². The molecule has 6 nitrogen and oxygen atoms in total. The molecule has 1 aromatic rings. The van der Waals surface area contributed by atoms with Gasteiger partial charge in [-0.25, -0.2) is 4.98 Å². The number of nitrogens with one attached hydrogen (secondary N) is 1. The van der Waals surface area contributed by atoms with Crippen molar-refractivity contribution in [2.75, 3.05) is 0 Å². The van der Waals surface area contributed by atoms with Crippen LogP contribution in [0.3, 0.4) is 0 Å². The van der Waals surface area contributed by atoms with E-state index in [9.17, 15) is 9.59 Å². The van der Waals surface area contributed by atoms with Gasteiger partial charge in [0.25, 0.3) is 5.56 Å². The van der Waals surface area contributed by atoms with Gasteiger partial charge in [-0.05, 0) is 33.8 Å². The van der Waals surface area contributed by atoms with Crippen molar-refractivity contribution in [1.82, 2.24) is 9.97 Å². The maximum atomic E-state index is 12.0. The highest BCUT2D eigenvalue weighted by Gasteiger charge is 2.16. The van der Waals surface area contributed by atoms with Gasteiger partial charge in [-0.3, -0.25) is 9.59 Å². The topological polar surface area (TPSA) is 98.1 Å². The lowest BCUT2D eigenvalue weighted by molar-refractivity contribution is -0.154. The number of rotatable bonds is 4. The highest BCUT2D eigenvalue weighted by molar-refractivity contribution is 5.70. The number of ether oxygens (including phenoxy) is 1. The molecule has 0 aromatic carbocycles. The summed E-state index contributed by atoms with van der Waals surface area (Å²) in [5, 5.41) is 0.780. The zero-order valence-electron chi connectivity index (χ0n) is 13.5. The third kappa shape index (κ3) is 5.55. The fourth-order valence-electron chi connectivity index (χ4n) is 1.76. The number of nitrogens with zero attached hydrogens (tertiary/aromatic N) is 1. The van der Waals surface area contributed by atoms with E-state index in [1.807, 2.05) is 13.0 Å². The number of esters is 1. The minimum atomic E-state index is -0.527. The van der Waals surface area contributed by atoms with Crippen LogP contribution in [0.5, 0.6) is 0 Å². The summed E-state index contributed by atoms with van der Waals surface area (Å²) in [6, 6.07) is 0. The monoisotopic (exact) mass is 305 g/mol. The summed E-state index contributed by atoms with van der Waals surface area (Å²) >= 11 is 0. The first kappa shape index (κ1) is 17.7. The van der Waals surface area contributed by atoms with Gasteiger partial charge < -0.3 is 15.5 Å². The summed E-state index contributed by atoms with van der Waals surface area (Å²) < 4.78 is 5.23. The minimum Gasteiger partial charge on any atom is -0.460 e. The molecule has 1 aromatic heterocycles. The highest BCUT2D eigenvalue weighted by atomic mass is 16.6. The molecule has 0 spiro atoms. The van der Waals surface area contributed by atoms with Crippen LogP contribution in [-0.2, 0) is 16.0 Å². The quantitative estimate of drug-likeness (QED) is 0.769. The number of nitrogens with two attached hydrogens (primary N) is 1. The van der Waals surface area contributed by atoms with Crippen molar-refractivity contribution in [2.45, 2.75) is 46.1 Å². The summed E-state index contributed by atoms with van der Waals surface area (Å²) in [4.78, 5) is 30.6. The Balaban J connectivity index is 3.01. The van der Waals surface area contributed by atoms with Gasteiger partial charge in [-0.15, -0.1) is 0 Å². The first-order chi connectivity index (χ1) is 10.3. The van der Waals surface area contributed by atoms with Gasteiger partial charge >= 0.3 is 5.97 Å². The van der Waals surface area contributed by atoms with E-state index in [1.165, 1.54) is 6.20 Å². The molecule has 0 aliphatic carbocycles. The molecule has 0 bridgehead atoms. The van der Waals surface area contributed by atoms with E-state index in [1.54, 1.807) is 32.9 Å². The fraction of sp³-hybridized carbons (Fsp3) is 0.438. The molecule has 0 atom stereocenters. The van der Waals surface area contributed by atoms with Crippen LogP contribution in [0.4, 0.5) is 0 Å². The zero-order valence-corrected chi connectivity index (χ0v) is 13.5. The second kappa shape index (κ2) is 7.59. The minimum absolute atomic E-state index is 0.148. The standard InChI is InChI=1S/C16H23N3O3/c1-5-6-7-12-11(10-17)15(21)19-13(18-12)8-9-14(20)22-16(2,3)4/h5-7,10H,8-9,17H2,1-4H3,(H,18,19,21)/b6-5+,11-10+,12-7+. The maximum absolute atomic E-state index is 12.0. The lowest BCUT2D eigenvalue weighted by Crippen LogP contribution is -2.44. The number of allylic oxidation sites excluding steroid dienone is 2. The Morgan fingerprint density at radius 1 is 1.41 bits per heavy atom. The first-order valence-corrected chi connectivity index (χ1v) is 7.13. The normalized spacial score (nSPS) is 13.8. The predicted octanol–water partition coefficient (Wildman–Crippen LogP) is 0.0975. The molecule has 6 heteroatoms. The number of hydrogen-bond acceptors (Lipinski definition) is 5. The zero-order chi connectivity index (χ0) is 16.8. The SMILES string of the molecule is C/C=C/C=c1/nc(CCC(=O)OC(C)(C)C)[nH]c(=O)/c1=C/N. The van der Waals surface area contributed by atoms with Gasteiger partial charge in [0.2, 0.25) is 0 Å². The van der Waals surface area contributed by atoms with E-state index in [0.29, 0.717) is 22.8 Å². The fourth-order valence-corrected chi connectivity index (χ4v) is 1.76. The van der Waals surface area contributed by atoms with E-state index < -0.39 is 5.60 Å². The summed E-state index contributed by atoms with van der Waals surface area (Å²) in [6.45, 7) is 7.28. The third-order valence-electron chi connectivity index (χ3n) is 2.63. The second-order valence-corrected chi connectivity index (χ2v) is 5.76. The van der Waals surface area contributed by atoms with Crippen LogP contribution in [0, 0.1) is 0 Å². The molecule has 0 unspecified atom stereocenters. The number of aromatic amines is 1. The smallest absolute Gasteiger partial charge is 0.306 e. The van der Waals surface area contributed by atoms with Crippen molar-refractivity contribution < 1.29 is 9.53 Å². The van der Waals surface area contributed by atoms with Crippen molar-refractivity contribution in [1.29, 1.82) is 0 Å². The Bertz CT molecular complexity index is 724. The van der Waals surface area contributed by atoms with Crippen molar-refractivity contribution in [3.05, 3.63) is 38.9 Å². The van der Waals surface area contributed by atoms with Gasteiger partial charge in [0.1, 0.15) is 11.4 Å². The van der Waals surface area contributed by atoms with Crippen molar-refractivity contribution in [3.8, 4) is 0 Å². The first-order valence-electron chi connectivity index (χ1n) is 7.13. The molecule has 0 fully saturated rings. The molecule has 3 N–H and O–H groups in total. The Labute approximate surface area is 129 Å². The Morgan fingerprint density at radius 2 is 2.09 bits per heavy atom. The summed E-state index contributed by atoms with van der Waals surface area (Å²) in [7, 11) is 0. The summed E-state index contributed by atoms with van der Waals surface area (Å²) in [5.74, 6) is 0.0980. The van der Waals surface area contributed by atoms with Crippen molar-refractivity contribution in [3.63, 3.8) is 0 Å². The molecule has 0 saturated carbocycles. The molecule has 0 aliphatic rings. The summed E-state index contributed by atoms with van der Waals surface area (Å²) in [5.41, 5.74) is 4.61. The van der Waals surface area contributed by atoms with Crippen LogP contribution in [0.25, 0.3) is 12.3 Å². The van der Waals surface area contributed by atoms with Crippen LogP contribution in [-0.4, -0.2) is 21.5 Å². The van der Waals surface area contributed by atoms with Crippen LogP contribution >= 0.6 is 0 Å². The molecular weight excluding hydrogens is 282 g/mol. The Kier molecular flexibility index (Phi) is 6.10. The molecule has 0 saturated heterocycles. The van der Waals surface area contributed by atoms with E-state index in [2.05, 4.69) is 9.97 Å². The lowest BCUT2D eigenvalue weighted by atomic mass is 10.2. The average molecular weight is 305 g/mol. The number of H-pyrrole nitrogens is 1. The van der Waals surface area contributed by atoms with E-state index in [0.717, 1.165) is 0 Å². The van der Waals surface area contributed by atoms with Crippen molar-refractivity contribution in [2.24, 2.45) is 5.73 Å².